The van der Waals surface area contributed by atoms with Gasteiger partial charge in [0.25, 0.3) is 0 Å². The highest BCUT2D eigenvalue weighted by atomic mass is 31.2. The first-order chi connectivity index (χ1) is 40.6. The van der Waals surface area contributed by atoms with Gasteiger partial charge in [-0.3, -0.25) is 37.3 Å². The maximum absolute atomic E-state index is 13.0. The third-order valence-electron chi connectivity index (χ3n) is 15.4. The zero-order valence-electron chi connectivity index (χ0n) is 55.2. The zero-order chi connectivity index (χ0) is 63.2. The second kappa shape index (κ2) is 56.1. The van der Waals surface area contributed by atoms with Crippen LogP contribution in [0.3, 0.4) is 0 Å². The number of carbonyl (C=O) groups is 4. The monoisotopic (exact) mass is 1250 g/mol. The summed E-state index contributed by atoms with van der Waals surface area (Å²) in [7, 11) is -9.89. The highest BCUT2D eigenvalue weighted by Crippen LogP contribution is 2.45. The number of aliphatic hydroxyl groups is 1. The Bertz CT molecular complexity index is 1700. The number of carbonyl (C=O) groups excluding carboxylic acids is 4. The van der Waals surface area contributed by atoms with Crippen LogP contribution in [0.25, 0.3) is 0 Å². The summed E-state index contributed by atoms with van der Waals surface area (Å²) >= 11 is 0. The van der Waals surface area contributed by atoms with E-state index in [1.54, 1.807) is 0 Å². The molecule has 0 bridgehead atoms. The van der Waals surface area contributed by atoms with Crippen molar-refractivity contribution in [2.45, 2.75) is 337 Å². The SMILES string of the molecule is CCC(C)CCCCCCCCC(=O)O[C@H](COC(=O)CCCCCCCCC(C)C)COP(=O)(O)OC[C@H](O)COP(=O)(O)OC[C@@H](COC(=O)CCCCCCCCCCCCCCCCC(C)C)OC(=O)CCCCCCCCC(C)C. The van der Waals surface area contributed by atoms with E-state index >= 15 is 0 Å². The first kappa shape index (κ1) is 83.1. The molecule has 0 aromatic heterocycles. The highest BCUT2D eigenvalue weighted by Gasteiger charge is 2.30. The van der Waals surface area contributed by atoms with E-state index in [1.165, 1.54) is 116 Å². The average Bonchev–Trinajstić information content (AvgIpc) is 3.48. The molecule has 0 aliphatic rings. The van der Waals surface area contributed by atoms with Gasteiger partial charge < -0.3 is 33.8 Å². The Balaban J connectivity index is 5.17. The lowest BCUT2D eigenvalue weighted by atomic mass is 10.00. The van der Waals surface area contributed by atoms with Crippen molar-refractivity contribution in [2.75, 3.05) is 39.6 Å². The van der Waals surface area contributed by atoms with Crippen molar-refractivity contribution in [3.05, 3.63) is 0 Å². The van der Waals surface area contributed by atoms with Gasteiger partial charge in [-0.25, -0.2) is 9.13 Å². The molecule has 85 heavy (non-hydrogen) atoms. The minimum absolute atomic E-state index is 0.101. The van der Waals surface area contributed by atoms with E-state index < -0.39 is 97.5 Å². The topological polar surface area (TPSA) is 237 Å². The molecule has 0 aliphatic heterocycles. The molecule has 17 nitrogen and oxygen atoms in total. The minimum atomic E-state index is -4.95. The van der Waals surface area contributed by atoms with Crippen LogP contribution in [-0.4, -0.2) is 96.7 Å². The molecule has 504 valence electrons. The largest absolute Gasteiger partial charge is 0.472 e. The lowest BCUT2D eigenvalue weighted by Crippen LogP contribution is -2.30. The summed E-state index contributed by atoms with van der Waals surface area (Å²) < 4.78 is 68.0. The van der Waals surface area contributed by atoms with Crippen LogP contribution in [-0.2, 0) is 65.4 Å². The molecular weight excluding hydrogens is 1130 g/mol. The van der Waals surface area contributed by atoms with Crippen LogP contribution >= 0.6 is 15.6 Å². The van der Waals surface area contributed by atoms with Gasteiger partial charge in [0, 0.05) is 25.7 Å². The summed E-state index contributed by atoms with van der Waals surface area (Å²) in [6.07, 6.45) is 36.6. The molecule has 0 aromatic carbocycles. The summed E-state index contributed by atoms with van der Waals surface area (Å²) in [6.45, 7) is 13.9. The van der Waals surface area contributed by atoms with Gasteiger partial charge in [0.15, 0.2) is 12.2 Å². The molecule has 0 spiro atoms. The quantitative estimate of drug-likeness (QED) is 0.0222. The molecule has 0 saturated carbocycles. The first-order valence-electron chi connectivity index (χ1n) is 34.2. The fraction of sp³-hybridized carbons (Fsp3) is 0.939. The maximum atomic E-state index is 13.0. The summed E-state index contributed by atoms with van der Waals surface area (Å²) in [5.74, 6) is 0.724. The van der Waals surface area contributed by atoms with E-state index in [1.807, 2.05) is 0 Å². The number of phosphoric acid groups is 2. The number of rotatable bonds is 63. The number of ether oxygens (including phenoxy) is 4. The number of esters is 4. The molecule has 3 unspecified atom stereocenters. The predicted octanol–water partition coefficient (Wildman–Crippen LogP) is 18.1. The normalized spacial score (nSPS) is 14.7. The summed E-state index contributed by atoms with van der Waals surface area (Å²) in [6, 6.07) is 0. The van der Waals surface area contributed by atoms with E-state index in [-0.39, 0.29) is 25.7 Å². The molecule has 0 saturated heterocycles. The van der Waals surface area contributed by atoms with Gasteiger partial charge in [0.1, 0.15) is 19.3 Å². The Hall–Kier alpha value is -1.94. The Morgan fingerprint density at radius 3 is 0.835 bits per heavy atom. The second-order valence-corrected chi connectivity index (χ2v) is 28.4. The molecule has 19 heteroatoms. The smallest absolute Gasteiger partial charge is 0.462 e. The Morgan fingerprint density at radius 1 is 0.329 bits per heavy atom. The van der Waals surface area contributed by atoms with Crippen LogP contribution in [0.1, 0.15) is 319 Å². The Morgan fingerprint density at radius 2 is 0.565 bits per heavy atom. The van der Waals surface area contributed by atoms with Crippen molar-refractivity contribution in [1.82, 2.24) is 0 Å². The summed E-state index contributed by atoms with van der Waals surface area (Å²) in [5, 5.41) is 10.5. The van der Waals surface area contributed by atoms with E-state index in [9.17, 15) is 43.2 Å². The summed E-state index contributed by atoms with van der Waals surface area (Å²) in [5.41, 5.74) is 0. The number of hydrogen-bond acceptors (Lipinski definition) is 15. The van der Waals surface area contributed by atoms with Gasteiger partial charge in [0.05, 0.1) is 26.4 Å². The molecule has 0 amide bonds. The zero-order valence-corrected chi connectivity index (χ0v) is 57.0. The standard InChI is InChI=1S/C66H128O17P2/c1-9-59(8)45-37-29-22-25-33-41-49-66(71)83-62(53-77-64(69)47-39-31-23-20-27-35-43-57(4)5)55-81-85(74,75)79-51-60(67)50-78-84(72,73)80-54-61(82-65(70)48-40-32-24-21-28-36-44-58(6)7)52-76-63(68)46-38-30-19-17-15-13-11-10-12-14-16-18-26-34-42-56(2)3/h56-62,67H,9-55H2,1-8H3,(H,72,73)(H,74,75)/t59?,60-,61-,62-/m1/s1. The van der Waals surface area contributed by atoms with E-state index in [0.717, 1.165) is 108 Å². The molecule has 0 rings (SSSR count). The lowest BCUT2D eigenvalue weighted by Gasteiger charge is -2.21. The molecule has 6 atom stereocenters. The van der Waals surface area contributed by atoms with Crippen LogP contribution < -0.4 is 0 Å². The number of aliphatic hydroxyl groups excluding tert-OH is 1. The average molecular weight is 1260 g/mol. The molecule has 3 N–H and O–H groups in total. The van der Waals surface area contributed by atoms with Crippen molar-refractivity contribution >= 4 is 39.5 Å². The van der Waals surface area contributed by atoms with E-state index in [2.05, 4.69) is 55.4 Å². The molecule has 0 fully saturated rings. The van der Waals surface area contributed by atoms with Crippen molar-refractivity contribution in [1.29, 1.82) is 0 Å². The van der Waals surface area contributed by atoms with E-state index in [0.29, 0.717) is 37.5 Å². The Labute approximate surface area is 517 Å². The van der Waals surface area contributed by atoms with Crippen LogP contribution in [0, 0.1) is 23.7 Å². The predicted molar refractivity (Wildman–Crippen MR) is 340 cm³/mol. The molecule has 0 aromatic rings. The van der Waals surface area contributed by atoms with Crippen molar-refractivity contribution in [2.24, 2.45) is 23.7 Å². The van der Waals surface area contributed by atoms with Crippen molar-refractivity contribution in [3.63, 3.8) is 0 Å². The fourth-order valence-corrected chi connectivity index (χ4v) is 11.3. The number of phosphoric ester groups is 2. The molecule has 0 aliphatic carbocycles. The van der Waals surface area contributed by atoms with E-state index in [4.69, 9.17) is 37.0 Å². The van der Waals surface area contributed by atoms with Gasteiger partial charge in [-0.05, 0) is 49.4 Å². The van der Waals surface area contributed by atoms with Crippen LogP contribution in [0.15, 0.2) is 0 Å². The third kappa shape index (κ3) is 59.5. The number of unbranched alkanes of at least 4 members (excludes halogenated alkanes) is 28. The van der Waals surface area contributed by atoms with Crippen molar-refractivity contribution in [3.8, 4) is 0 Å². The Kier molecular flexibility index (Phi) is 54.8. The maximum Gasteiger partial charge on any atom is 0.472 e. The van der Waals surface area contributed by atoms with Crippen LogP contribution in [0.5, 0.6) is 0 Å². The molecule has 0 heterocycles. The second-order valence-electron chi connectivity index (χ2n) is 25.5. The molecular formula is C66H128O17P2. The first-order valence-corrected chi connectivity index (χ1v) is 37.2. The highest BCUT2D eigenvalue weighted by molar-refractivity contribution is 7.47. The van der Waals surface area contributed by atoms with Gasteiger partial charge in [-0.2, -0.15) is 0 Å². The van der Waals surface area contributed by atoms with Gasteiger partial charge in [-0.15, -0.1) is 0 Å². The van der Waals surface area contributed by atoms with Gasteiger partial charge >= 0.3 is 39.5 Å². The number of hydrogen-bond donors (Lipinski definition) is 3. The lowest BCUT2D eigenvalue weighted by molar-refractivity contribution is -0.161. The third-order valence-corrected chi connectivity index (χ3v) is 17.3. The minimum Gasteiger partial charge on any atom is -0.462 e. The van der Waals surface area contributed by atoms with Gasteiger partial charge in [0.2, 0.25) is 0 Å². The van der Waals surface area contributed by atoms with Crippen LogP contribution in [0.4, 0.5) is 0 Å². The van der Waals surface area contributed by atoms with Crippen LogP contribution in [0.2, 0.25) is 0 Å². The fourth-order valence-electron chi connectivity index (χ4n) is 9.75. The molecule has 0 radical (unpaired) electrons. The van der Waals surface area contributed by atoms with Crippen molar-refractivity contribution < 1.29 is 80.2 Å². The summed E-state index contributed by atoms with van der Waals surface area (Å²) in [4.78, 5) is 72.2. The van der Waals surface area contributed by atoms with Gasteiger partial charge in [-0.1, -0.05) is 267 Å².